The third-order valence-corrected chi connectivity index (χ3v) is 4.20. The lowest BCUT2D eigenvalue weighted by Gasteiger charge is -2.27. The minimum Gasteiger partial charge on any atom is -0.459 e. The first kappa shape index (κ1) is 16.5. The number of ether oxygens (including phenoxy) is 1. The SMILES string of the molecule is CC(C)(C)OC(=O)CN1C(=O)[C@@H]2CCCN2C(=O)c2ccccc21. The van der Waals surface area contributed by atoms with Crippen molar-refractivity contribution >= 4 is 23.5 Å². The first-order chi connectivity index (χ1) is 11.3. The van der Waals surface area contributed by atoms with Gasteiger partial charge in [0.2, 0.25) is 5.91 Å². The smallest absolute Gasteiger partial charge is 0.326 e. The molecule has 24 heavy (non-hydrogen) atoms. The van der Waals surface area contributed by atoms with E-state index in [9.17, 15) is 14.4 Å². The molecule has 0 bridgehead atoms. The zero-order valence-electron chi connectivity index (χ0n) is 14.2. The molecule has 0 aliphatic carbocycles. The van der Waals surface area contributed by atoms with Crippen molar-refractivity contribution < 1.29 is 19.1 Å². The summed E-state index contributed by atoms with van der Waals surface area (Å²) in [7, 11) is 0. The molecule has 0 aromatic heterocycles. The molecule has 3 rings (SSSR count). The van der Waals surface area contributed by atoms with Crippen molar-refractivity contribution in [2.45, 2.75) is 45.3 Å². The van der Waals surface area contributed by atoms with E-state index in [4.69, 9.17) is 4.74 Å². The fourth-order valence-corrected chi connectivity index (χ4v) is 3.28. The summed E-state index contributed by atoms with van der Waals surface area (Å²) in [5.41, 5.74) is 0.312. The van der Waals surface area contributed by atoms with E-state index >= 15 is 0 Å². The van der Waals surface area contributed by atoms with Gasteiger partial charge in [0, 0.05) is 6.54 Å². The Morgan fingerprint density at radius 2 is 1.96 bits per heavy atom. The number of esters is 1. The van der Waals surface area contributed by atoms with Crippen molar-refractivity contribution in [3.8, 4) is 0 Å². The molecule has 6 heteroatoms. The highest BCUT2D eigenvalue weighted by atomic mass is 16.6. The molecule has 1 fully saturated rings. The Hall–Kier alpha value is -2.37. The quantitative estimate of drug-likeness (QED) is 0.778. The molecule has 0 spiro atoms. The number of carbonyl (C=O) groups is 3. The Kier molecular flexibility index (Phi) is 4.07. The topological polar surface area (TPSA) is 66.9 Å². The Balaban J connectivity index is 1.97. The molecule has 2 aliphatic heterocycles. The molecule has 0 saturated carbocycles. The Morgan fingerprint density at radius 1 is 1.25 bits per heavy atom. The average molecular weight is 330 g/mol. The van der Waals surface area contributed by atoms with E-state index in [0.717, 1.165) is 6.42 Å². The van der Waals surface area contributed by atoms with Gasteiger partial charge in [-0.25, -0.2) is 0 Å². The highest BCUT2D eigenvalue weighted by molar-refractivity contribution is 6.12. The molecule has 2 heterocycles. The van der Waals surface area contributed by atoms with Crippen LogP contribution < -0.4 is 4.90 Å². The largest absolute Gasteiger partial charge is 0.459 e. The van der Waals surface area contributed by atoms with E-state index in [2.05, 4.69) is 0 Å². The van der Waals surface area contributed by atoms with Gasteiger partial charge in [-0.1, -0.05) is 12.1 Å². The Labute approximate surface area is 141 Å². The summed E-state index contributed by atoms with van der Waals surface area (Å²) in [5, 5.41) is 0. The summed E-state index contributed by atoms with van der Waals surface area (Å²) in [4.78, 5) is 41.0. The van der Waals surface area contributed by atoms with Gasteiger partial charge >= 0.3 is 5.97 Å². The van der Waals surface area contributed by atoms with Gasteiger partial charge in [0.1, 0.15) is 18.2 Å². The van der Waals surface area contributed by atoms with Gasteiger partial charge < -0.3 is 9.64 Å². The first-order valence-electron chi connectivity index (χ1n) is 8.21. The lowest BCUT2D eigenvalue weighted by atomic mass is 10.1. The van der Waals surface area contributed by atoms with Crippen molar-refractivity contribution in [1.82, 2.24) is 4.90 Å². The van der Waals surface area contributed by atoms with Crippen LogP contribution in [-0.4, -0.2) is 47.4 Å². The van der Waals surface area contributed by atoms with Crippen molar-refractivity contribution in [1.29, 1.82) is 0 Å². The Bertz CT molecular complexity index is 693. The summed E-state index contributed by atoms with van der Waals surface area (Å²) < 4.78 is 5.35. The number of nitrogens with zero attached hydrogens (tertiary/aromatic N) is 2. The Morgan fingerprint density at radius 3 is 2.67 bits per heavy atom. The number of rotatable bonds is 2. The van der Waals surface area contributed by atoms with Crippen molar-refractivity contribution in [2.75, 3.05) is 18.0 Å². The second-order valence-corrected chi connectivity index (χ2v) is 7.18. The molecule has 2 amide bonds. The molecule has 0 radical (unpaired) electrons. The molecule has 1 aromatic rings. The van der Waals surface area contributed by atoms with E-state index < -0.39 is 17.6 Å². The maximum absolute atomic E-state index is 13.0. The summed E-state index contributed by atoms with van der Waals surface area (Å²) >= 11 is 0. The second-order valence-electron chi connectivity index (χ2n) is 7.18. The molecular formula is C18H22N2O4. The number of amides is 2. The average Bonchev–Trinajstić information content (AvgIpc) is 2.96. The molecule has 0 N–H and O–H groups in total. The number of para-hydroxylation sites is 1. The van der Waals surface area contributed by atoms with Crippen LogP contribution >= 0.6 is 0 Å². The van der Waals surface area contributed by atoms with Crippen LogP contribution in [0.4, 0.5) is 5.69 Å². The van der Waals surface area contributed by atoms with Gasteiger partial charge in [-0.15, -0.1) is 0 Å². The summed E-state index contributed by atoms with van der Waals surface area (Å²) in [5.74, 6) is -0.839. The van der Waals surface area contributed by atoms with Crippen LogP contribution in [0.1, 0.15) is 44.0 Å². The fourth-order valence-electron chi connectivity index (χ4n) is 3.28. The summed E-state index contributed by atoms with van der Waals surface area (Å²) in [6.45, 7) is 5.73. The molecule has 1 saturated heterocycles. The lowest BCUT2D eigenvalue weighted by Crippen LogP contribution is -2.47. The van der Waals surface area contributed by atoms with Gasteiger partial charge in [-0.05, 0) is 45.7 Å². The minimum absolute atomic E-state index is 0.145. The van der Waals surface area contributed by atoms with Gasteiger partial charge in [0.05, 0.1) is 11.3 Å². The molecule has 128 valence electrons. The maximum atomic E-state index is 13.0. The summed E-state index contributed by atoms with van der Waals surface area (Å²) in [6, 6.07) is 6.44. The fraction of sp³-hybridized carbons (Fsp3) is 0.500. The molecule has 2 aliphatic rings. The van der Waals surface area contributed by atoms with Gasteiger partial charge in [-0.3, -0.25) is 19.3 Å². The number of carbonyl (C=O) groups excluding carboxylic acids is 3. The standard InChI is InChI=1S/C18H22N2O4/c1-18(2,3)24-15(21)11-20-13-8-5-4-7-12(13)16(22)19-10-6-9-14(19)17(20)23/h4-5,7-8,14H,6,9-11H2,1-3H3/t14-/m0/s1. The lowest BCUT2D eigenvalue weighted by molar-refractivity contribution is -0.153. The van der Waals surface area contributed by atoms with E-state index in [1.165, 1.54) is 4.90 Å². The summed E-state index contributed by atoms with van der Waals surface area (Å²) in [6.07, 6.45) is 1.42. The van der Waals surface area contributed by atoms with Crippen LogP contribution in [-0.2, 0) is 14.3 Å². The van der Waals surface area contributed by atoms with E-state index in [0.29, 0.717) is 24.2 Å². The van der Waals surface area contributed by atoms with Crippen molar-refractivity contribution in [2.24, 2.45) is 0 Å². The number of fused-ring (bicyclic) bond motifs is 2. The molecule has 6 nitrogen and oxygen atoms in total. The first-order valence-corrected chi connectivity index (χ1v) is 8.21. The van der Waals surface area contributed by atoms with Gasteiger partial charge in [0.25, 0.3) is 5.91 Å². The monoisotopic (exact) mass is 330 g/mol. The second kappa shape index (κ2) is 5.92. The minimum atomic E-state index is -0.624. The predicted molar refractivity (Wildman–Crippen MR) is 88.7 cm³/mol. The number of benzene rings is 1. The maximum Gasteiger partial charge on any atom is 0.326 e. The normalized spacial score (nSPS) is 20.5. The number of hydrogen-bond acceptors (Lipinski definition) is 4. The molecule has 1 atom stereocenters. The zero-order chi connectivity index (χ0) is 17.5. The van der Waals surface area contributed by atoms with E-state index in [1.807, 2.05) is 0 Å². The van der Waals surface area contributed by atoms with Crippen molar-refractivity contribution in [3.63, 3.8) is 0 Å². The molecule has 0 unspecified atom stereocenters. The predicted octanol–water partition coefficient (Wildman–Crippen LogP) is 1.98. The van der Waals surface area contributed by atoms with E-state index in [-0.39, 0.29) is 18.4 Å². The van der Waals surface area contributed by atoms with Crippen LogP contribution in [0.5, 0.6) is 0 Å². The molecule has 1 aromatic carbocycles. The van der Waals surface area contributed by atoms with Gasteiger partial charge in [-0.2, -0.15) is 0 Å². The number of hydrogen-bond donors (Lipinski definition) is 0. The van der Waals surface area contributed by atoms with Crippen LogP contribution in [0, 0.1) is 0 Å². The highest BCUT2D eigenvalue weighted by Gasteiger charge is 2.42. The van der Waals surface area contributed by atoms with Gasteiger partial charge in [0.15, 0.2) is 0 Å². The van der Waals surface area contributed by atoms with Crippen LogP contribution in [0.25, 0.3) is 0 Å². The van der Waals surface area contributed by atoms with Crippen LogP contribution in [0.3, 0.4) is 0 Å². The van der Waals surface area contributed by atoms with Crippen LogP contribution in [0.2, 0.25) is 0 Å². The molecular weight excluding hydrogens is 308 g/mol. The van der Waals surface area contributed by atoms with Crippen LogP contribution in [0.15, 0.2) is 24.3 Å². The third kappa shape index (κ3) is 3.00. The van der Waals surface area contributed by atoms with E-state index in [1.54, 1.807) is 49.9 Å². The third-order valence-electron chi connectivity index (χ3n) is 4.20. The highest BCUT2D eigenvalue weighted by Crippen LogP contribution is 2.32. The number of anilines is 1. The zero-order valence-corrected chi connectivity index (χ0v) is 14.2. The van der Waals surface area contributed by atoms with Crippen molar-refractivity contribution in [3.05, 3.63) is 29.8 Å².